The summed E-state index contributed by atoms with van der Waals surface area (Å²) in [4.78, 5) is 12.8. The van der Waals surface area contributed by atoms with Crippen LogP contribution in [0.4, 0.5) is 10.1 Å². The van der Waals surface area contributed by atoms with Crippen LogP contribution in [0.25, 0.3) is 0 Å². The Morgan fingerprint density at radius 1 is 1.06 bits per heavy atom. The number of benzene rings is 3. The van der Waals surface area contributed by atoms with E-state index in [9.17, 15) is 17.6 Å². The molecule has 0 aromatic heterocycles. The molecule has 0 unspecified atom stereocenters. The Morgan fingerprint density at radius 3 is 2.44 bits per heavy atom. The largest absolute Gasteiger partial charge is 0.354 e. The minimum Gasteiger partial charge on any atom is -0.354 e. The number of rotatable bonds is 10. The lowest BCUT2D eigenvalue weighted by molar-refractivity contribution is -0.119. The monoisotopic (exact) mass is 520 g/mol. The number of hydrogen-bond acceptors (Lipinski definition) is 4. The quantitative estimate of drug-likeness (QED) is 0.366. The fraction of sp³-hybridized carbons (Fsp3) is 0.240. The second-order valence-corrected chi connectivity index (χ2v) is 11.2. The van der Waals surface area contributed by atoms with Gasteiger partial charge in [0.05, 0.1) is 10.6 Å². The lowest BCUT2D eigenvalue weighted by Crippen LogP contribution is -2.41. The molecule has 0 saturated carbocycles. The van der Waals surface area contributed by atoms with Crippen LogP contribution in [0.3, 0.4) is 0 Å². The summed E-state index contributed by atoms with van der Waals surface area (Å²) in [6.07, 6.45) is 0. The van der Waals surface area contributed by atoms with Crippen LogP contribution >= 0.6 is 23.4 Å². The van der Waals surface area contributed by atoms with Gasteiger partial charge in [0.15, 0.2) is 0 Å². The summed E-state index contributed by atoms with van der Waals surface area (Å²) >= 11 is 7.54. The molecule has 9 heteroatoms. The van der Waals surface area contributed by atoms with Crippen LogP contribution in [-0.2, 0) is 20.6 Å². The zero-order chi connectivity index (χ0) is 24.7. The summed E-state index contributed by atoms with van der Waals surface area (Å²) in [6, 6.07) is 17.9. The second-order valence-electron chi connectivity index (χ2n) is 7.75. The predicted molar refractivity (Wildman–Crippen MR) is 137 cm³/mol. The van der Waals surface area contributed by atoms with E-state index in [-0.39, 0.29) is 17.3 Å². The molecular weight excluding hydrogens is 495 g/mol. The molecule has 1 amide bonds. The molecule has 3 aromatic rings. The Bertz CT molecular complexity index is 1250. The number of nitrogens with zero attached hydrogens (tertiary/aromatic N) is 1. The highest BCUT2D eigenvalue weighted by atomic mass is 35.5. The van der Waals surface area contributed by atoms with Gasteiger partial charge in [0.2, 0.25) is 5.91 Å². The third kappa shape index (κ3) is 6.74. The first-order valence-electron chi connectivity index (χ1n) is 10.6. The Balaban J connectivity index is 1.69. The van der Waals surface area contributed by atoms with Crippen molar-refractivity contribution in [2.24, 2.45) is 0 Å². The highest BCUT2D eigenvalue weighted by Gasteiger charge is 2.28. The van der Waals surface area contributed by atoms with Gasteiger partial charge in [-0.25, -0.2) is 12.8 Å². The maximum Gasteiger partial charge on any atom is 0.264 e. The van der Waals surface area contributed by atoms with E-state index in [0.29, 0.717) is 39.9 Å². The highest BCUT2D eigenvalue weighted by Crippen LogP contribution is 2.29. The SMILES string of the molecule is Cc1ccc(S(=O)(=O)N(CC(=O)NCCSCc2ccccc2F)c2ccc(Cl)cc2C)cc1. The van der Waals surface area contributed by atoms with Crippen LogP contribution < -0.4 is 9.62 Å². The minimum atomic E-state index is -3.99. The first-order valence-corrected chi connectivity index (χ1v) is 13.6. The molecule has 0 bridgehead atoms. The summed E-state index contributed by atoms with van der Waals surface area (Å²) in [5.41, 5.74) is 2.55. The highest BCUT2D eigenvalue weighted by molar-refractivity contribution is 7.98. The number of anilines is 1. The van der Waals surface area contributed by atoms with Gasteiger partial charge in [0.1, 0.15) is 12.4 Å². The van der Waals surface area contributed by atoms with E-state index in [1.165, 1.54) is 30.0 Å². The van der Waals surface area contributed by atoms with Gasteiger partial charge in [-0.15, -0.1) is 0 Å². The third-order valence-electron chi connectivity index (χ3n) is 5.11. The van der Waals surface area contributed by atoms with Crippen LogP contribution in [0, 0.1) is 19.7 Å². The number of thioether (sulfide) groups is 1. The molecule has 0 radical (unpaired) electrons. The van der Waals surface area contributed by atoms with Crippen molar-refractivity contribution in [2.45, 2.75) is 24.5 Å². The number of sulfonamides is 1. The number of carbonyl (C=O) groups is 1. The molecular formula is C25H26ClFN2O3S2. The standard InChI is InChI=1S/C25H26ClFN2O3S2/c1-18-7-10-22(11-8-18)34(31,32)29(24-12-9-21(26)15-19(24)2)16-25(30)28-13-14-33-17-20-5-3-4-6-23(20)27/h3-12,15H,13-14,16-17H2,1-2H3,(H,28,30). The van der Waals surface area contributed by atoms with E-state index in [4.69, 9.17) is 11.6 Å². The summed E-state index contributed by atoms with van der Waals surface area (Å²) in [5, 5.41) is 3.24. The van der Waals surface area contributed by atoms with Gasteiger partial charge in [-0.1, -0.05) is 47.5 Å². The van der Waals surface area contributed by atoms with Gasteiger partial charge in [0, 0.05) is 23.1 Å². The Labute approximate surface area is 209 Å². The van der Waals surface area contributed by atoms with E-state index in [0.717, 1.165) is 9.87 Å². The van der Waals surface area contributed by atoms with Crippen LogP contribution in [0.2, 0.25) is 5.02 Å². The molecule has 0 spiro atoms. The van der Waals surface area contributed by atoms with Gasteiger partial charge in [0.25, 0.3) is 10.0 Å². The van der Waals surface area contributed by atoms with Crippen molar-refractivity contribution in [1.82, 2.24) is 5.32 Å². The normalized spacial score (nSPS) is 11.3. The maximum absolute atomic E-state index is 13.7. The average molecular weight is 521 g/mol. The van der Waals surface area contributed by atoms with Crippen molar-refractivity contribution in [2.75, 3.05) is 23.1 Å². The Kier molecular flexibility index (Phi) is 8.99. The predicted octanol–water partition coefficient (Wildman–Crippen LogP) is 5.34. The van der Waals surface area contributed by atoms with Gasteiger partial charge < -0.3 is 5.32 Å². The summed E-state index contributed by atoms with van der Waals surface area (Å²) in [5.74, 6) is 0.358. The van der Waals surface area contributed by atoms with E-state index in [1.54, 1.807) is 55.5 Å². The molecule has 180 valence electrons. The molecule has 0 atom stereocenters. The number of aryl methyl sites for hydroxylation is 2. The van der Waals surface area contributed by atoms with E-state index < -0.39 is 15.9 Å². The van der Waals surface area contributed by atoms with Crippen LogP contribution in [0.5, 0.6) is 0 Å². The number of halogens is 2. The van der Waals surface area contributed by atoms with E-state index in [1.807, 2.05) is 6.92 Å². The molecule has 34 heavy (non-hydrogen) atoms. The molecule has 0 aliphatic rings. The van der Waals surface area contributed by atoms with Crippen molar-refractivity contribution < 1.29 is 17.6 Å². The maximum atomic E-state index is 13.7. The molecule has 1 N–H and O–H groups in total. The van der Waals surface area contributed by atoms with Gasteiger partial charge >= 0.3 is 0 Å². The molecule has 5 nitrogen and oxygen atoms in total. The Hall–Kier alpha value is -2.55. The number of amides is 1. The van der Waals surface area contributed by atoms with Crippen LogP contribution in [-0.4, -0.2) is 33.2 Å². The Morgan fingerprint density at radius 2 is 1.76 bits per heavy atom. The topological polar surface area (TPSA) is 66.5 Å². The summed E-state index contributed by atoms with van der Waals surface area (Å²) in [6.45, 7) is 3.57. The zero-order valence-corrected chi connectivity index (χ0v) is 21.3. The van der Waals surface area contributed by atoms with Gasteiger partial charge in [-0.05, 0) is 61.4 Å². The summed E-state index contributed by atoms with van der Waals surface area (Å²) < 4.78 is 41.7. The number of carbonyl (C=O) groups excluding carboxylic acids is 1. The second kappa shape index (κ2) is 11.7. The smallest absolute Gasteiger partial charge is 0.264 e. The molecule has 0 fully saturated rings. The molecule has 0 heterocycles. The van der Waals surface area contributed by atoms with E-state index in [2.05, 4.69) is 5.32 Å². The van der Waals surface area contributed by atoms with E-state index >= 15 is 0 Å². The molecule has 0 saturated heterocycles. The fourth-order valence-corrected chi connectivity index (χ4v) is 5.84. The van der Waals surface area contributed by atoms with Crippen molar-refractivity contribution >= 4 is 45.0 Å². The van der Waals surface area contributed by atoms with Crippen molar-refractivity contribution in [3.05, 3.63) is 94.3 Å². The first kappa shape index (κ1) is 26.1. The first-order chi connectivity index (χ1) is 16.2. The van der Waals surface area contributed by atoms with Crippen LogP contribution in [0.1, 0.15) is 16.7 Å². The van der Waals surface area contributed by atoms with Gasteiger partial charge in [-0.3, -0.25) is 9.10 Å². The fourth-order valence-electron chi connectivity index (χ4n) is 3.28. The number of hydrogen-bond donors (Lipinski definition) is 1. The van der Waals surface area contributed by atoms with Crippen LogP contribution in [0.15, 0.2) is 71.6 Å². The lowest BCUT2D eigenvalue weighted by atomic mass is 10.2. The van der Waals surface area contributed by atoms with Crippen molar-refractivity contribution in [3.8, 4) is 0 Å². The molecule has 3 rings (SSSR count). The molecule has 3 aromatic carbocycles. The zero-order valence-electron chi connectivity index (χ0n) is 18.9. The lowest BCUT2D eigenvalue weighted by Gasteiger charge is -2.26. The molecule has 0 aliphatic heterocycles. The third-order valence-corrected chi connectivity index (χ3v) is 8.12. The van der Waals surface area contributed by atoms with Gasteiger partial charge in [-0.2, -0.15) is 11.8 Å². The minimum absolute atomic E-state index is 0.0979. The molecule has 0 aliphatic carbocycles. The number of nitrogens with one attached hydrogen (secondary N) is 1. The van der Waals surface area contributed by atoms with Crippen molar-refractivity contribution in [3.63, 3.8) is 0 Å². The average Bonchev–Trinajstić information content (AvgIpc) is 2.79. The summed E-state index contributed by atoms with van der Waals surface area (Å²) in [7, 11) is -3.99. The van der Waals surface area contributed by atoms with Crippen molar-refractivity contribution in [1.29, 1.82) is 0 Å².